The molecule has 0 saturated heterocycles. The Hall–Kier alpha value is -5.76. The minimum absolute atomic E-state index is 0.460. The molecule has 10 rings (SSSR count). The molecule has 0 amide bonds. The maximum absolute atomic E-state index is 2.52. The SMILES string of the molecule is c1ccc(-c2c3ccccc3c(-c3ccc4c(c3)C(c3ccccc3)(c3ccccc3)c3c-4sc4ccccc34)c3ccccc23)cc1. The van der Waals surface area contributed by atoms with Gasteiger partial charge in [-0.15, -0.1) is 11.3 Å². The fourth-order valence-electron chi connectivity index (χ4n) is 8.45. The van der Waals surface area contributed by atoms with E-state index in [0.29, 0.717) is 0 Å². The zero-order valence-electron chi connectivity index (χ0n) is 26.2. The Morgan fingerprint density at radius 1 is 0.375 bits per heavy atom. The van der Waals surface area contributed by atoms with Crippen molar-refractivity contribution in [1.29, 1.82) is 0 Å². The zero-order chi connectivity index (χ0) is 31.7. The first-order valence-electron chi connectivity index (χ1n) is 16.6. The molecule has 0 unspecified atom stereocenters. The van der Waals surface area contributed by atoms with Crippen molar-refractivity contribution in [3.05, 3.63) is 204 Å². The highest BCUT2D eigenvalue weighted by Crippen LogP contribution is 2.61. The minimum Gasteiger partial charge on any atom is -0.135 e. The van der Waals surface area contributed by atoms with Crippen LogP contribution in [-0.4, -0.2) is 0 Å². The molecule has 0 bridgehead atoms. The lowest BCUT2D eigenvalue weighted by Gasteiger charge is -2.34. The highest BCUT2D eigenvalue weighted by atomic mass is 32.1. The molecular weight excluding hydrogens is 597 g/mol. The Balaban J connectivity index is 1.34. The van der Waals surface area contributed by atoms with Crippen molar-refractivity contribution in [3.8, 4) is 32.7 Å². The first-order valence-corrected chi connectivity index (χ1v) is 17.4. The van der Waals surface area contributed by atoms with Crippen LogP contribution in [0.25, 0.3) is 64.3 Å². The van der Waals surface area contributed by atoms with Gasteiger partial charge in [0, 0.05) is 9.58 Å². The molecule has 48 heavy (non-hydrogen) atoms. The fourth-order valence-corrected chi connectivity index (χ4v) is 9.75. The van der Waals surface area contributed by atoms with E-state index in [9.17, 15) is 0 Å². The van der Waals surface area contributed by atoms with E-state index in [1.165, 1.54) is 86.6 Å². The first-order chi connectivity index (χ1) is 23.8. The molecule has 0 nitrogen and oxygen atoms in total. The van der Waals surface area contributed by atoms with Gasteiger partial charge >= 0.3 is 0 Å². The van der Waals surface area contributed by atoms with Crippen LogP contribution in [-0.2, 0) is 5.41 Å². The molecule has 0 fully saturated rings. The van der Waals surface area contributed by atoms with Crippen molar-refractivity contribution < 1.29 is 0 Å². The maximum Gasteiger partial charge on any atom is 0.0728 e. The summed E-state index contributed by atoms with van der Waals surface area (Å²) in [6.07, 6.45) is 0. The molecule has 1 aliphatic rings. The molecule has 0 N–H and O–H groups in total. The van der Waals surface area contributed by atoms with Gasteiger partial charge in [0.25, 0.3) is 0 Å². The summed E-state index contributed by atoms with van der Waals surface area (Å²) in [6.45, 7) is 0. The summed E-state index contributed by atoms with van der Waals surface area (Å²) in [5, 5.41) is 6.45. The number of rotatable bonds is 4. The van der Waals surface area contributed by atoms with E-state index >= 15 is 0 Å². The standard InChI is InChI=1S/C47H30S/c1-4-16-31(17-5-1)43-35-22-10-12-24-37(35)44(38-25-13-11-23-36(38)43)32-28-29-39-41(30-32)47(33-18-6-2-7-19-33,34-20-8-3-9-21-34)45-40-26-14-15-27-42(40)48-46(39)45/h1-30H. The third kappa shape index (κ3) is 3.77. The van der Waals surface area contributed by atoms with Crippen LogP contribution >= 0.6 is 11.3 Å². The lowest BCUT2D eigenvalue weighted by atomic mass is 9.67. The summed E-state index contributed by atoms with van der Waals surface area (Å²) in [5.74, 6) is 0. The van der Waals surface area contributed by atoms with Gasteiger partial charge in [-0.05, 0) is 89.1 Å². The number of benzene rings is 8. The summed E-state index contributed by atoms with van der Waals surface area (Å²) in [5.41, 5.74) is 11.3. The highest BCUT2D eigenvalue weighted by molar-refractivity contribution is 7.22. The molecule has 0 radical (unpaired) electrons. The van der Waals surface area contributed by atoms with Gasteiger partial charge in [-0.3, -0.25) is 0 Å². The van der Waals surface area contributed by atoms with Crippen LogP contribution in [0.5, 0.6) is 0 Å². The van der Waals surface area contributed by atoms with Gasteiger partial charge in [0.1, 0.15) is 0 Å². The third-order valence-corrected chi connectivity index (χ3v) is 11.5. The first kappa shape index (κ1) is 27.4. The largest absolute Gasteiger partial charge is 0.135 e. The lowest BCUT2D eigenvalue weighted by molar-refractivity contribution is 0.777. The normalized spacial score (nSPS) is 13.2. The van der Waals surface area contributed by atoms with E-state index in [0.717, 1.165) is 0 Å². The second-order valence-corrected chi connectivity index (χ2v) is 13.8. The van der Waals surface area contributed by atoms with Gasteiger partial charge in [-0.25, -0.2) is 0 Å². The lowest BCUT2D eigenvalue weighted by Crippen LogP contribution is -2.28. The molecule has 0 atom stereocenters. The second kappa shape index (κ2) is 10.6. The number of hydrogen-bond acceptors (Lipinski definition) is 1. The van der Waals surface area contributed by atoms with Crippen molar-refractivity contribution in [2.24, 2.45) is 0 Å². The molecule has 0 saturated carbocycles. The van der Waals surface area contributed by atoms with Gasteiger partial charge in [-0.2, -0.15) is 0 Å². The van der Waals surface area contributed by atoms with Crippen molar-refractivity contribution in [3.63, 3.8) is 0 Å². The molecule has 224 valence electrons. The maximum atomic E-state index is 2.52. The quantitative estimate of drug-likeness (QED) is 0.171. The summed E-state index contributed by atoms with van der Waals surface area (Å²) in [7, 11) is 0. The highest BCUT2D eigenvalue weighted by Gasteiger charge is 2.48. The van der Waals surface area contributed by atoms with Gasteiger partial charge in [-0.1, -0.05) is 170 Å². The number of thiophene rings is 1. The average Bonchev–Trinajstić information content (AvgIpc) is 3.68. The molecular formula is C47H30S. The molecule has 1 heterocycles. The van der Waals surface area contributed by atoms with E-state index < -0.39 is 5.41 Å². The fraction of sp³-hybridized carbons (Fsp3) is 0.0213. The average molecular weight is 627 g/mol. The Kier molecular flexibility index (Phi) is 6.06. The van der Waals surface area contributed by atoms with Crippen LogP contribution in [0.1, 0.15) is 22.3 Å². The smallest absolute Gasteiger partial charge is 0.0728 e. The minimum atomic E-state index is -0.460. The second-order valence-electron chi connectivity index (χ2n) is 12.8. The predicted molar refractivity (Wildman–Crippen MR) is 205 cm³/mol. The van der Waals surface area contributed by atoms with Crippen LogP contribution in [0.4, 0.5) is 0 Å². The Bertz CT molecular complexity index is 2550. The number of fused-ring (bicyclic) bond motifs is 7. The van der Waals surface area contributed by atoms with Crippen LogP contribution in [0.2, 0.25) is 0 Å². The molecule has 1 aliphatic carbocycles. The monoisotopic (exact) mass is 626 g/mol. The Morgan fingerprint density at radius 2 is 0.833 bits per heavy atom. The van der Waals surface area contributed by atoms with E-state index in [2.05, 4.69) is 182 Å². The molecule has 8 aromatic carbocycles. The topological polar surface area (TPSA) is 0 Å². The molecule has 9 aromatic rings. The van der Waals surface area contributed by atoms with Crippen molar-refractivity contribution in [2.45, 2.75) is 5.41 Å². The van der Waals surface area contributed by atoms with Crippen LogP contribution in [0.15, 0.2) is 182 Å². The molecule has 1 heteroatoms. The summed E-state index contributed by atoms with van der Waals surface area (Å²) >= 11 is 1.93. The van der Waals surface area contributed by atoms with Crippen molar-refractivity contribution in [1.82, 2.24) is 0 Å². The molecule has 0 spiro atoms. The van der Waals surface area contributed by atoms with E-state index in [4.69, 9.17) is 0 Å². The zero-order valence-corrected chi connectivity index (χ0v) is 27.0. The third-order valence-electron chi connectivity index (χ3n) is 10.3. The Labute approximate surface area is 284 Å². The van der Waals surface area contributed by atoms with Crippen LogP contribution in [0.3, 0.4) is 0 Å². The number of hydrogen-bond donors (Lipinski definition) is 0. The summed E-state index contributed by atoms with van der Waals surface area (Å²) in [6, 6.07) is 67.4. The van der Waals surface area contributed by atoms with Gasteiger partial charge in [0.15, 0.2) is 0 Å². The summed E-state index contributed by atoms with van der Waals surface area (Å²) < 4.78 is 1.34. The van der Waals surface area contributed by atoms with E-state index in [-0.39, 0.29) is 0 Å². The van der Waals surface area contributed by atoms with Crippen LogP contribution in [0, 0.1) is 0 Å². The van der Waals surface area contributed by atoms with Crippen molar-refractivity contribution in [2.75, 3.05) is 0 Å². The van der Waals surface area contributed by atoms with Crippen molar-refractivity contribution >= 4 is 43.0 Å². The van der Waals surface area contributed by atoms with Crippen LogP contribution < -0.4 is 0 Å². The van der Waals surface area contributed by atoms with Gasteiger partial charge in [0.2, 0.25) is 0 Å². The van der Waals surface area contributed by atoms with E-state index in [1.54, 1.807) is 0 Å². The van der Waals surface area contributed by atoms with Gasteiger partial charge in [0.05, 0.1) is 5.41 Å². The Morgan fingerprint density at radius 3 is 1.40 bits per heavy atom. The molecule has 1 aromatic heterocycles. The summed E-state index contributed by atoms with van der Waals surface area (Å²) in [4.78, 5) is 1.37. The molecule has 0 aliphatic heterocycles. The predicted octanol–water partition coefficient (Wildman–Crippen LogP) is 12.9. The van der Waals surface area contributed by atoms with E-state index in [1.807, 2.05) is 11.3 Å². The van der Waals surface area contributed by atoms with Gasteiger partial charge < -0.3 is 0 Å².